The summed E-state index contributed by atoms with van der Waals surface area (Å²) < 4.78 is 26.9. The normalized spacial score (nSPS) is 24.4. The molecule has 10 nitrogen and oxygen atoms in total. The largest absolute Gasteiger partial charge is 0.497 e. The zero-order valence-corrected chi connectivity index (χ0v) is 23.2. The van der Waals surface area contributed by atoms with Gasteiger partial charge < -0.3 is 33.9 Å². The number of Topliss-reactive ketones (excluding diaryl/α,β-unsaturated/α-hetero) is 1. The Bertz CT molecular complexity index is 1220. The number of methoxy groups -OCH3 is 2. The van der Waals surface area contributed by atoms with Crippen molar-refractivity contribution in [2.75, 3.05) is 14.2 Å². The molecular formula is C31H36O10. The molecule has 0 spiro atoms. The minimum absolute atomic E-state index is 0.0248. The van der Waals surface area contributed by atoms with Crippen molar-refractivity contribution in [2.24, 2.45) is 0 Å². The SMILES string of the molecule is COc1ccc(C(=O)O[C@@H]2CC=C(CC(=O)C[C@H]3C[C@@H](OC(=O)c4ccc(OC)cc4)CC(O)O3)C[C@@H](O)C2)cc1. The van der Waals surface area contributed by atoms with Crippen molar-refractivity contribution < 1.29 is 48.3 Å². The first-order valence-electron chi connectivity index (χ1n) is 13.6. The van der Waals surface area contributed by atoms with E-state index < -0.39 is 42.6 Å². The van der Waals surface area contributed by atoms with Gasteiger partial charge in [-0.2, -0.15) is 0 Å². The Morgan fingerprint density at radius 2 is 1.37 bits per heavy atom. The second-order valence-electron chi connectivity index (χ2n) is 10.3. The molecule has 1 fully saturated rings. The van der Waals surface area contributed by atoms with Gasteiger partial charge in [0.25, 0.3) is 0 Å². The Morgan fingerprint density at radius 3 is 1.93 bits per heavy atom. The van der Waals surface area contributed by atoms with Crippen LogP contribution in [0.5, 0.6) is 11.5 Å². The van der Waals surface area contributed by atoms with E-state index in [4.69, 9.17) is 23.7 Å². The second-order valence-corrected chi connectivity index (χ2v) is 10.3. The third-order valence-corrected chi connectivity index (χ3v) is 7.12. The summed E-state index contributed by atoms with van der Waals surface area (Å²) >= 11 is 0. The molecule has 41 heavy (non-hydrogen) atoms. The molecule has 10 heteroatoms. The van der Waals surface area contributed by atoms with Crippen LogP contribution in [-0.4, -0.2) is 72.9 Å². The summed E-state index contributed by atoms with van der Waals surface area (Å²) in [5, 5.41) is 20.7. The van der Waals surface area contributed by atoms with Gasteiger partial charge in [0.15, 0.2) is 6.29 Å². The van der Waals surface area contributed by atoms with Gasteiger partial charge in [-0.3, -0.25) is 4.79 Å². The molecule has 2 aromatic carbocycles. The summed E-state index contributed by atoms with van der Waals surface area (Å²) in [5.74, 6) is 0.0890. The first kappa shape index (κ1) is 30.2. The topological polar surface area (TPSA) is 138 Å². The molecule has 0 amide bonds. The van der Waals surface area contributed by atoms with Crippen LogP contribution in [0.4, 0.5) is 0 Å². The van der Waals surface area contributed by atoms with Crippen molar-refractivity contribution in [3.8, 4) is 11.5 Å². The van der Waals surface area contributed by atoms with Crippen LogP contribution in [0.25, 0.3) is 0 Å². The van der Waals surface area contributed by atoms with E-state index in [1.807, 2.05) is 6.08 Å². The molecule has 2 aromatic rings. The van der Waals surface area contributed by atoms with Crippen molar-refractivity contribution in [3.63, 3.8) is 0 Å². The highest BCUT2D eigenvalue weighted by molar-refractivity contribution is 5.90. The molecule has 1 aliphatic heterocycles. The maximum atomic E-state index is 12.9. The molecule has 5 atom stereocenters. The summed E-state index contributed by atoms with van der Waals surface area (Å²) in [6.45, 7) is 0. The molecule has 0 bridgehead atoms. The minimum Gasteiger partial charge on any atom is -0.497 e. The van der Waals surface area contributed by atoms with Gasteiger partial charge in [-0.15, -0.1) is 0 Å². The predicted molar refractivity (Wildman–Crippen MR) is 147 cm³/mol. The Labute approximate surface area is 238 Å². The number of esters is 2. The van der Waals surface area contributed by atoms with E-state index in [-0.39, 0.29) is 37.9 Å². The van der Waals surface area contributed by atoms with Crippen molar-refractivity contribution in [1.29, 1.82) is 0 Å². The number of aliphatic hydroxyl groups is 2. The summed E-state index contributed by atoms with van der Waals surface area (Å²) in [4.78, 5) is 38.0. The lowest BCUT2D eigenvalue weighted by atomic mass is 9.96. The standard InChI is InChI=1S/C31H36O10/c1-37-24-9-4-20(5-10-24)30(35)40-26-8-3-19(13-22(32)15-26)14-23(33)16-27-17-28(18-29(34)39-27)41-31(36)21-6-11-25(38-2)12-7-21/h3-7,9-12,22,26-29,32,34H,8,13-18H2,1-2H3/t22-,26-,27+,28-,29?/m1/s1. The van der Waals surface area contributed by atoms with E-state index >= 15 is 0 Å². The Morgan fingerprint density at radius 1 is 0.805 bits per heavy atom. The van der Waals surface area contributed by atoms with Crippen LogP contribution >= 0.6 is 0 Å². The average molecular weight is 569 g/mol. The van der Waals surface area contributed by atoms with E-state index in [9.17, 15) is 24.6 Å². The fraction of sp³-hybridized carbons (Fsp3) is 0.452. The molecule has 220 valence electrons. The molecule has 0 radical (unpaired) electrons. The lowest BCUT2D eigenvalue weighted by Gasteiger charge is -2.32. The van der Waals surface area contributed by atoms with Gasteiger partial charge in [0.1, 0.15) is 29.5 Å². The van der Waals surface area contributed by atoms with Crippen molar-refractivity contribution >= 4 is 17.7 Å². The fourth-order valence-corrected chi connectivity index (χ4v) is 5.06. The Balaban J connectivity index is 1.27. The predicted octanol–water partition coefficient (Wildman–Crippen LogP) is 3.77. The molecular weight excluding hydrogens is 532 g/mol. The molecule has 0 saturated carbocycles. The fourth-order valence-electron chi connectivity index (χ4n) is 5.06. The Hall–Kier alpha value is -3.73. The van der Waals surface area contributed by atoms with Crippen molar-refractivity contribution in [1.82, 2.24) is 0 Å². The molecule has 4 rings (SSSR count). The molecule has 1 saturated heterocycles. The van der Waals surface area contributed by atoms with E-state index in [1.54, 1.807) is 55.6 Å². The van der Waals surface area contributed by atoms with Crippen LogP contribution in [0.1, 0.15) is 65.7 Å². The van der Waals surface area contributed by atoms with Crippen LogP contribution < -0.4 is 9.47 Å². The van der Waals surface area contributed by atoms with Gasteiger partial charge in [-0.1, -0.05) is 11.6 Å². The quantitative estimate of drug-likeness (QED) is 0.322. The number of carbonyl (C=O) groups excluding carboxylic acids is 3. The van der Waals surface area contributed by atoms with Gasteiger partial charge >= 0.3 is 11.9 Å². The summed E-state index contributed by atoms with van der Waals surface area (Å²) in [5.41, 5.74) is 1.49. The monoisotopic (exact) mass is 568 g/mol. The zero-order chi connectivity index (χ0) is 29.4. The van der Waals surface area contributed by atoms with Crippen LogP contribution in [0, 0.1) is 0 Å². The molecule has 0 aromatic heterocycles. The van der Waals surface area contributed by atoms with E-state index in [2.05, 4.69) is 0 Å². The van der Waals surface area contributed by atoms with Crippen molar-refractivity contribution in [3.05, 3.63) is 71.3 Å². The minimum atomic E-state index is -1.16. The number of ether oxygens (including phenoxy) is 5. The number of hydrogen-bond acceptors (Lipinski definition) is 10. The van der Waals surface area contributed by atoms with E-state index in [0.29, 0.717) is 35.5 Å². The number of ketones is 1. The first-order valence-corrected chi connectivity index (χ1v) is 13.6. The van der Waals surface area contributed by atoms with Crippen molar-refractivity contribution in [2.45, 2.75) is 75.7 Å². The lowest BCUT2D eigenvalue weighted by Crippen LogP contribution is -2.39. The van der Waals surface area contributed by atoms with Gasteiger partial charge in [0, 0.05) is 38.5 Å². The maximum absolute atomic E-state index is 12.9. The van der Waals surface area contributed by atoms with Gasteiger partial charge in [-0.25, -0.2) is 9.59 Å². The molecule has 1 unspecified atom stereocenters. The van der Waals surface area contributed by atoms with E-state index in [0.717, 1.165) is 5.57 Å². The third-order valence-electron chi connectivity index (χ3n) is 7.12. The van der Waals surface area contributed by atoms with Crippen LogP contribution in [0.15, 0.2) is 60.2 Å². The summed E-state index contributed by atoms with van der Waals surface area (Å²) in [6.07, 6.45) is -0.385. The van der Waals surface area contributed by atoms with Crippen LogP contribution in [-0.2, 0) is 19.0 Å². The van der Waals surface area contributed by atoms with Gasteiger partial charge in [0.05, 0.1) is 37.6 Å². The first-order chi connectivity index (χ1) is 19.7. The molecule has 1 aliphatic carbocycles. The van der Waals surface area contributed by atoms with Gasteiger partial charge in [0.2, 0.25) is 0 Å². The third kappa shape index (κ3) is 8.88. The highest BCUT2D eigenvalue weighted by Gasteiger charge is 2.33. The zero-order valence-electron chi connectivity index (χ0n) is 23.2. The highest BCUT2D eigenvalue weighted by Crippen LogP contribution is 2.28. The number of benzene rings is 2. The molecule has 2 aliphatic rings. The molecule has 2 N–H and O–H groups in total. The van der Waals surface area contributed by atoms with E-state index in [1.165, 1.54) is 7.11 Å². The second kappa shape index (κ2) is 14.2. The molecule has 1 heterocycles. The number of aliphatic hydroxyl groups excluding tert-OH is 2. The van der Waals surface area contributed by atoms with Crippen LogP contribution in [0.2, 0.25) is 0 Å². The maximum Gasteiger partial charge on any atom is 0.338 e. The smallest absolute Gasteiger partial charge is 0.338 e. The number of rotatable bonds is 10. The number of hydrogen-bond donors (Lipinski definition) is 2. The lowest BCUT2D eigenvalue weighted by molar-refractivity contribution is -0.190. The highest BCUT2D eigenvalue weighted by atomic mass is 16.6. The summed E-state index contributed by atoms with van der Waals surface area (Å²) in [6, 6.07) is 13.1. The summed E-state index contributed by atoms with van der Waals surface area (Å²) in [7, 11) is 3.07. The van der Waals surface area contributed by atoms with Gasteiger partial charge in [-0.05, 0) is 55.0 Å². The Kier molecular flexibility index (Phi) is 10.5. The van der Waals surface area contributed by atoms with Crippen LogP contribution in [0.3, 0.4) is 0 Å². The number of carbonyl (C=O) groups is 3. The average Bonchev–Trinajstić information content (AvgIpc) is 3.12.